The van der Waals surface area contributed by atoms with Crippen LogP contribution in [0.5, 0.6) is 5.75 Å². The van der Waals surface area contributed by atoms with Crippen LogP contribution in [0.2, 0.25) is 0 Å². The van der Waals surface area contributed by atoms with Crippen LogP contribution in [0.15, 0.2) is 46.9 Å². The number of Topliss-reactive ketones (excluding diaryl/α,β-unsaturated/α-hetero) is 1. The molecule has 8 heteroatoms. The predicted octanol–water partition coefficient (Wildman–Crippen LogP) is 3.25. The summed E-state index contributed by atoms with van der Waals surface area (Å²) in [6.45, 7) is 1.64. The van der Waals surface area contributed by atoms with E-state index in [0.717, 1.165) is 4.47 Å². The van der Waals surface area contributed by atoms with E-state index in [1.807, 2.05) is 0 Å². The number of hydrogen-bond donors (Lipinski definition) is 1. The molecule has 0 bridgehead atoms. The van der Waals surface area contributed by atoms with Gasteiger partial charge in [0.1, 0.15) is 17.4 Å². The molecule has 1 saturated heterocycles. The average Bonchev–Trinajstić information content (AvgIpc) is 3.17. The molecule has 0 radical (unpaired) electrons. The summed E-state index contributed by atoms with van der Waals surface area (Å²) in [5.41, 5.74) is 0.165. The maximum Gasteiger partial charge on any atom is 0.337 e. The summed E-state index contributed by atoms with van der Waals surface area (Å²) in [5.74, 6) is -0.614. The molecule has 1 heterocycles. The Kier molecular flexibility index (Phi) is 6.58. The van der Waals surface area contributed by atoms with Crippen LogP contribution in [0.1, 0.15) is 39.6 Å². The summed E-state index contributed by atoms with van der Waals surface area (Å²) in [7, 11) is 2.82. The molecule has 2 atom stereocenters. The monoisotopic (exact) mass is 475 g/mol. The van der Waals surface area contributed by atoms with E-state index in [2.05, 4.69) is 21.2 Å². The fraction of sp³-hybridized carbons (Fsp3) is 0.318. The normalized spacial score (nSPS) is 20.5. The van der Waals surface area contributed by atoms with E-state index in [0.29, 0.717) is 29.0 Å². The third-order valence-electron chi connectivity index (χ3n) is 5.08. The standard InChI is InChI=1S/C22H22BrNO6/c1-13(25)30-17-11-22(24-12-17,16-6-4-5-15(9-16)21(27)29-3)20(26)14-7-8-18(23)19(10-14)28-2/h4-10,17,24H,11-12H2,1-3H3/t17?,22-/m1/s1. The molecule has 158 valence electrons. The largest absolute Gasteiger partial charge is 0.496 e. The van der Waals surface area contributed by atoms with Gasteiger partial charge in [-0.2, -0.15) is 0 Å². The molecule has 30 heavy (non-hydrogen) atoms. The number of nitrogens with one attached hydrogen (secondary N) is 1. The van der Waals surface area contributed by atoms with Gasteiger partial charge < -0.3 is 14.2 Å². The van der Waals surface area contributed by atoms with Crippen molar-refractivity contribution in [2.24, 2.45) is 0 Å². The van der Waals surface area contributed by atoms with Crippen molar-refractivity contribution in [3.63, 3.8) is 0 Å². The highest BCUT2D eigenvalue weighted by molar-refractivity contribution is 9.10. The molecular formula is C22H22BrNO6. The Morgan fingerprint density at radius 1 is 1.10 bits per heavy atom. The molecule has 1 N–H and O–H groups in total. The third-order valence-corrected chi connectivity index (χ3v) is 5.73. The van der Waals surface area contributed by atoms with E-state index >= 15 is 0 Å². The number of ether oxygens (including phenoxy) is 3. The van der Waals surface area contributed by atoms with Gasteiger partial charge in [-0.05, 0) is 51.8 Å². The lowest BCUT2D eigenvalue weighted by Crippen LogP contribution is -2.44. The van der Waals surface area contributed by atoms with Gasteiger partial charge in [0.15, 0.2) is 5.78 Å². The molecule has 0 spiro atoms. The molecule has 2 aromatic rings. The first-order chi connectivity index (χ1) is 14.3. The van der Waals surface area contributed by atoms with Crippen LogP contribution in [-0.2, 0) is 19.8 Å². The number of benzene rings is 2. The van der Waals surface area contributed by atoms with Crippen molar-refractivity contribution in [1.29, 1.82) is 0 Å². The van der Waals surface area contributed by atoms with Gasteiger partial charge in [-0.1, -0.05) is 12.1 Å². The minimum Gasteiger partial charge on any atom is -0.496 e. The number of carbonyl (C=O) groups excluding carboxylic acids is 3. The highest BCUT2D eigenvalue weighted by atomic mass is 79.9. The number of halogens is 1. The zero-order chi connectivity index (χ0) is 21.9. The Morgan fingerprint density at radius 2 is 1.87 bits per heavy atom. The van der Waals surface area contributed by atoms with Crippen molar-refractivity contribution in [2.45, 2.75) is 25.0 Å². The minimum absolute atomic E-state index is 0.218. The molecule has 1 aliphatic heterocycles. The number of hydrogen-bond acceptors (Lipinski definition) is 7. The average molecular weight is 476 g/mol. The molecule has 2 aromatic carbocycles. The van der Waals surface area contributed by atoms with Gasteiger partial charge in [0.2, 0.25) is 0 Å². The number of rotatable bonds is 6. The molecule has 1 fully saturated rings. The van der Waals surface area contributed by atoms with E-state index in [1.165, 1.54) is 21.1 Å². The van der Waals surface area contributed by atoms with Gasteiger partial charge in [0.25, 0.3) is 0 Å². The first-order valence-electron chi connectivity index (χ1n) is 9.30. The van der Waals surface area contributed by atoms with Crippen LogP contribution in [0, 0.1) is 0 Å². The summed E-state index contributed by atoms with van der Waals surface area (Å²) in [5, 5.41) is 3.24. The molecule has 0 aliphatic carbocycles. The number of ketones is 1. The highest BCUT2D eigenvalue weighted by Crippen LogP contribution is 2.37. The Bertz CT molecular complexity index is 991. The van der Waals surface area contributed by atoms with Gasteiger partial charge in [0.05, 0.1) is 24.3 Å². The minimum atomic E-state index is -1.18. The summed E-state index contributed by atoms with van der Waals surface area (Å²) in [6.07, 6.45) is -0.250. The van der Waals surface area contributed by atoms with E-state index in [1.54, 1.807) is 42.5 Å². The van der Waals surface area contributed by atoms with Crippen molar-refractivity contribution in [3.05, 3.63) is 63.6 Å². The number of methoxy groups -OCH3 is 2. The summed E-state index contributed by atoms with van der Waals surface area (Å²) in [4.78, 5) is 37.3. The Morgan fingerprint density at radius 3 is 2.53 bits per heavy atom. The highest BCUT2D eigenvalue weighted by Gasteiger charge is 2.48. The molecule has 0 amide bonds. The van der Waals surface area contributed by atoms with Crippen LogP contribution in [-0.4, -0.2) is 44.6 Å². The topological polar surface area (TPSA) is 90.9 Å². The van der Waals surface area contributed by atoms with Gasteiger partial charge in [-0.25, -0.2) is 4.79 Å². The van der Waals surface area contributed by atoms with Crippen LogP contribution in [0.3, 0.4) is 0 Å². The van der Waals surface area contributed by atoms with Crippen LogP contribution >= 0.6 is 15.9 Å². The van der Waals surface area contributed by atoms with E-state index in [9.17, 15) is 14.4 Å². The lowest BCUT2D eigenvalue weighted by molar-refractivity contribution is -0.145. The molecule has 0 saturated carbocycles. The van der Waals surface area contributed by atoms with Crippen molar-refractivity contribution < 1.29 is 28.6 Å². The maximum atomic E-state index is 13.7. The number of esters is 2. The SMILES string of the molecule is COC(=O)c1cccc([C@@]2(C(=O)c3ccc(Br)c(OC)c3)CC(OC(C)=O)CN2)c1. The summed E-state index contributed by atoms with van der Waals surface area (Å²) in [6, 6.07) is 11.8. The lowest BCUT2D eigenvalue weighted by Gasteiger charge is -2.29. The second kappa shape index (κ2) is 8.97. The van der Waals surface area contributed by atoms with Crippen LogP contribution in [0.4, 0.5) is 0 Å². The van der Waals surface area contributed by atoms with Crippen molar-refractivity contribution in [2.75, 3.05) is 20.8 Å². The molecule has 0 aromatic heterocycles. The van der Waals surface area contributed by atoms with E-state index < -0.39 is 23.6 Å². The zero-order valence-electron chi connectivity index (χ0n) is 16.9. The first-order valence-corrected chi connectivity index (χ1v) is 10.1. The second-order valence-corrected chi connectivity index (χ2v) is 7.83. The first kappa shape index (κ1) is 22.0. The van der Waals surface area contributed by atoms with Gasteiger partial charge in [0, 0.05) is 25.5 Å². The summed E-state index contributed by atoms with van der Waals surface area (Å²) >= 11 is 3.39. The summed E-state index contributed by atoms with van der Waals surface area (Å²) < 4.78 is 16.2. The Labute approximate surface area is 182 Å². The van der Waals surface area contributed by atoms with Gasteiger partial charge in [-0.3, -0.25) is 14.9 Å². The van der Waals surface area contributed by atoms with Crippen molar-refractivity contribution in [3.8, 4) is 5.75 Å². The van der Waals surface area contributed by atoms with Gasteiger partial charge >= 0.3 is 11.9 Å². The van der Waals surface area contributed by atoms with Gasteiger partial charge in [-0.15, -0.1) is 0 Å². The molecular weight excluding hydrogens is 454 g/mol. The Balaban J connectivity index is 2.08. The quantitative estimate of drug-likeness (QED) is 0.506. The zero-order valence-corrected chi connectivity index (χ0v) is 18.4. The Hall–Kier alpha value is -2.71. The molecule has 1 aliphatic rings. The van der Waals surface area contributed by atoms with Crippen molar-refractivity contribution >= 4 is 33.7 Å². The van der Waals surface area contributed by atoms with E-state index in [-0.39, 0.29) is 12.2 Å². The molecule has 1 unspecified atom stereocenters. The number of carbonyl (C=O) groups is 3. The fourth-order valence-electron chi connectivity index (χ4n) is 3.69. The van der Waals surface area contributed by atoms with E-state index in [4.69, 9.17) is 14.2 Å². The maximum absolute atomic E-state index is 13.7. The molecule has 3 rings (SSSR count). The fourth-order valence-corrected chi connectivity index (χ4v) is 4.10. The third kappa shape index (κ3) is 4.24. The van der Waals surface area contributed by atoms with Crippen LogP contribution < -0.4 is 10.1 Å². The smallest absolute Gasteiger partial charge is 0.337 e. The lowest BCUT2D eigenvalue weighted by atomic mass is 9.80. The predicted molar refractivity (Wildman–Crippen MR) is 113 cm³/mol. The molecule has 7 nitrogen and oxygen atoms in total. The second-order valence-electron chi connectivity index (χ2n) is 6.97. The van der Waals surface area contributed by atoms with Crippen molar-refractivity contribution in [1.82, 2.24) is 5.32 Å². The van der Waals surface area contributed by atoms with Crippen LogP contribution in [0.25, 0.3) is 0 Å².